The lowest BCUT2D eigenvalue weighted by Crippen LogP contribution is -2.24. The Kier molecular flexibility index (Phi) is 6.22. The number of aryl methyl sites for hydroxylation is 1. The molecule has 1 rings (SSSR count). The van der Waals surface area contributed by atoms with Gasteiger partial charge in [0.1, 0.15) is 0 Å². The van der Waals surface area contributed by atoms with E-state index in [4.69, 9.17) is 4.74 Å². The lowest BCUT2D eigenvalue weighted by molar-refractivity contribution is 0.101. The van der Waals surface area contributed by atoms with Crippen molar-refractivity contribution in [3.63, 3.8) is 0 Å². The monoisotopic (exact) mass is 239 g/mol. The molecule has 98 valence electrons. The van der Waals surface area contributed by atoms with Crippen molar-refractivity contribution in [1.82, 2.24) is 15.1 Å². The number of nitrogens with one attached hydrogen (secondary N) is 1. The molecular weight excluding hydrogens is 214 g/mol. The molecule has 0 aromatic carbocycles. The highest BCUT2D eigenvalue weighted by Crippen LogP contribution is 2.19. The van der Waals surface area contributed by atoms with Crippen LogP contribution in [-0.2, 0) is 11.3 Å². The molecule has 1 N–H and O–H groups in total. The summed E-state index contributed by atoms with van der Waals surface area (Å²) >= 11 is 0. The second-order valence-corrected chi connectivity index (χ2v) is 4.43. The second kappa shape index (κ2) is 7.45. The molecule has 1 heterocycles. The number of hydrogen-bond acceptors (Lipinski definition) is 3. The fraction of sp³-hybridized carbons (Fsp3) is 0.769. The SMILES string of the molecule is CCCn1cc(C(CC(C)OC)NCC)cn1. The third-order valence-electron chi connectivity index (χ3n) is 2.93. The van der Waals surface area contributed by atoms with Crippen LogP contribution in [0.2, 0.25) is 0 Å². The molecule has 0 aliphatic heterocycles. The highest BCUT2D eigenvalue weighted by Gasteiger charge is 2.15. The molecule has 0 aliphatic carbocycles. The first kappa shape index (κ1) is 14.2. The highest BCUT2D eigenvalue weighted by atomic mass is 16.5. The zero-order chi connectivity index (χ0) is 12.7. The summed E-state index contributed by atoms with van der Waals surface area (Å²) in [4.78, 5) is 0. The predicted molar refractivity (Wildman–Crippen MR) is 70.0 cm³/mol. The molecule has 0 radical (unpaired) electrons. The van der Waals surface area contributed by atoms with E-state index in [0.29, 0.717) is 6.04 Å². The van der Waals surface area contributed by atoms with Crippen molar-refractivity contribution in [3.8, 4) is 0 Å². The molecule has 0 saturated heterocycles. The second-order valence-electron chi connectivity index (χ2n) is 4.43. The number of hydrogen-bond donors (Lipinski definition) is 1. The van der Waals surface area contributed by atoms with E-state index < -0.39 is 0 Å². The van der Waals surface area contributed by atoms with Gasteiger partial charge in [0.25, 0.3) is 0 Å². The Morgan fingerprint density at radius 2 is 2.24 bits per heavy atom. The molecule has 1 aromatic rings. The van der Waals surface area contributed by atoms with Crippen LogP contribution in [0.15, 0.2) is 12.4 Å². The highest BCUT2D eigenvalue weighted by molar-refractivity contribution is 5.10. The molecule has 2 unspecified atom stereocenters. The lowest BCUT2D eigenvalue weighted by Gasteiger charge is -2.19. The van der Waals surface area contributed by atoms with Gasteiger partial charge in [0.05, 0.1) is 12.3 Å². The Labute approximate surface area is 104 Å². The molecule has 0 saturated carbocycles. The van der Waals surface area contributed by atoms with Crippen molar-refractivity contribution in [2.75, 3.05) is 13.7 Å². The quantitative estimate of drug-likeness (QED) is 0.757. The number of methoxy groups -OCH3 is 1. The van der Waals surface area contributed by atoms with Gasteiger partial charge in [0.15, 0.2) is 0 Å². The zero-order valence-electron chi connectivity index (χ0n) is 11.4. The van der Waals surface area contributed by atoms with E-state index in [1.54, 1.807) is 7.11 Å². The Bertz CT molecular complexity index is 311. The molecule has 1 aromatic heterocycles. The smallest absolute Gasteiger partial charge is 0.0561 e. The summed E-state index contributed by atoms with van der Waals surface area (Å²) in [5.41, 5.74) is 1.25. The fourth-order valence-corrected chi connectivity index (χ4v) is 1.92. The van der Waals surface area contributed by atoms with Gasteiger partial charge in [0.2, 0.25) is 0 Å². The Hall–Kier alpha value is -0.870. The van der Waals surface area contributed by atoms with Crippen molar-refractivity contribution in [2.24, 2.45) is 0 Å². The normalized spacial score (nSPS) is 14.8. The third kappa shape index (κ3) is 4.48. The van der Waals surface area contributed by atoms with Gasteiger partial charge in [-0.05, 0) is 26.3 Å². The molecule has 0 bridgehead atoms. The summed E-state index contributed by atoms with van der Waals surface area (Å²) in [6.07, 6.45) is 6.45. The number of ether oxygens (including phenoxy) is 1. The topological polar surface area (TPSA) is 39.1 Å². The minimum Gasteiger partial charge on any atom is -0.382 e. The van der Waals surface area contributed by atoms with E-state index in [0.717, 1.165) is 25.9 Å². The van der Waals surface area contributed by atoms with Gasteiger partial charge in [-0.3, -0.25) is 4.68 Å². The maximum Gasteiger partial charge on any atom is 0.0561 e. The largest absolute Gasteiger partial charge is 0.382 e. The summed E-state index contributed by atoms with van der Waals surface area (Å²) in [5.74, 6) is 0. The van der Waals surface area contributed by atoms with Crippen LogP contribution in [0.4, 0.5) is 0 Å². The minimum atomic E-state index is 0.258. The molecule has 0 fully saturated rings. The third-order valence-corrected chi connectivity index (χ3v) is 2.93. The van der Waals surface area contributed by atoms with Crippen molar-refractivity contribution in [3.05, 3.63) is 18.0 Å². The lowest BCUT2D eigenvalue weighted by atomic mass is 10.0. The summed E-state index contributed by atoms with van der Waals surface area (Å²) in [6.45, 7) is 8.33. The van der Waals surface area contributed by atoms with Crippen LogP contribution in [-0.4, -0.2) is 29.5 Å². The zero-order valence-corrected chi connectivity index (χ0v) is 11.4. The molecule has 4 heteroatoms. The molecule has 4 nitrogen and oxygen atoms in total. The molecular formula is C13H25N3O. The van der Waals surface area contributed by atoms with Gasteiger partial charge >= 0.3 is 0 Å². The van der Waals surface area contributed by atoms with Gasteiger partial charge < -0.3 is 10.1 Å². The standard InChI is InChI=1S/C13H25N3O/c1-5-7-16-10-12(9-15-16)13(14-6-2)8-11(3)17-4/h9-11,13-14H,5-8H2,1-4H3. The molecule has 17 heavy (non-hydrogen) atoms. The average Bonchev–Trinajstić information content (AvgIpc) is 2.77. The summed E-state index contributed by atoms with van der Waals surface area (Å²) in [7, 11) is 1.76. The van der Waals surface area contributed by atoms with E-state index in [1.165, 1.54) is 5.56 Å². The van der Waals surface area contributed by atoms with Gasteiger partial charge in [-0.15, -0.1) is 0 Å². The van der Waals surface area contributed by atoms with E-state index in [9.17, 15) is 0 Å². The van der Waals surface area contributed by atoms with Gasteiger partial charge in [0, 0.05) is 31.5 Å². The molecule has 0 spiro atoms. The first-order valence-electron chi connectivity index (χ1n) is 6.49. The van der Waals surface area contributed by atoms with Crippen LogP contribution in [0.1, 0.15) is 45.2 Å². The Morgan fingerprint density at radius 1 is 1.47 bits per heavy atom. The number of rotatable bonds is 8. The molecule has 2 atom stereocenters. The van der Waals surface area contributed by atoms with E-state index in [1.807, 2.05) is 10.9 Å². The van der Waals surface area contributed by atoms with Crippen molar-refractivity contribution in [1.29, 1.82) is 0 Å². The van der Waals surface area contributed by atoms with Crippen molar-refractivity contribution >= 4 is 0 Å². The first-order valence-corrected chi connectivity index (χ1v) is 6.49. The van der Waals surface area contributed by atoms with Gasteiger partial charge in [-0.1, -0.05) is 13.8 Å². The van der Waals surface area contributed by atoms with Crippen LogP contribution in [0, 0.1) is 0 Å². The summed E-state index contributed by atoms with van der Waals surface area (Å²) in [6, 6.07) is 0.334. The minimum absolute atomic E-state index is 0.258. The van der Waals surface area contributed by atoms with Crippen LogP contribution >= 0.6 is 0 Å². The summed E-state index contributed by atoms with van der Waals surface area (Å²) in [5, 5.41) is 7.86. The molecule has 0 aliphatic rings. The fourth-order valence-electron chi connectivity index (χ4n) is 1.92. The van der Waals surface area contributed by atoms with Crippen molar-refractivity contribution < 1.29 is 4.74 Å². The average molecular weight is 239 g/mol. The van der Waals surface area contributed by atoms with Gasteiger partial charge in [-0.25, -0.2) is 0 Å². The van der Waals surface area contributed by atoms with Crippen LogP contribution in [0.25, 0.3) is 0 Å². The van der Waals surface area contributed by atoms with Crippen molar-refractivity contribution in [2.45, 2.75) is 52.3 Å². The van der Waals surface area contributed by atoms with Crippen LogP contribution < -0.4 is 5.32 Å². The van der Waals surface area contributed by atoms with Crippen LogP contribution in [0.3, 0.4) is 0 Å². The predicted octanol–water partition coefficient (Wildman–Crippen LogP) is 2.37. The summed E-state index contributed by atoms with van der Waals surface area (Å²) < 4.78 is 7.35. The number of nitrogens with zero attached hydrogens (tertiary/aromatic N) is 2. The van der Waals surface area contributed by atoms with E-state index >= 15 is 0 Å². The van der Waals surface area contributed by atoms with E-state index in [-0.39, 0.29) is 6.10 Å². The molecule has 0 amide bonds. The maximum absolute atomic E-state index is 5.34. The Morgan fingerprint density at radius 3 is 2.82 bits per heavy atom. The Balaban J connectivity index is 2.67. The number of aromatic nitrogens is 2. The van der Waals surface area contributed by atoms with E-state index in [2.05, 4.69) is 37.4 Å². The van der Waals surface area contributed by atoms with Crippen LogP contribution in [0.5, 0.6) is 0 Å². The first-order chi connectivity index (χ1) is 8.21. The maximum atomic E-state index is 5.34. The van der Waals surface area contributed by atoms with Gasteiger partial charge in [-0.2, -0.15) is 5.10 Å².